The summed E-state index contributed by atoms with van der Waals surface area (Å²) >= 11 is 1.90. The van der Waals surface area contributed by atoms with E-state index in [9.17, 15) is 0 Å². The van der Waals surface area contributed by atoms with Gasteiger partial charge in [-0.3, -0.25) is 0 Å². The van der Waals surface area contributed by atoms with Crippen molar-refractivity contribution in [3.63, 3.8) is 0 Å². The number of hydrogen-bond donors (Lipinski definition) is 0. The Kier molecular flexibility index (Phi) is 5.04. The van der Waals surface area contributed by atoms with Gasteiger partial charge >= 0.3 is 0 Å². The van der Waals surface area contributed by atoms with Crippen molar-refractivity contribution in [2.24, 2.45) is 23.7 Å². The highest BCUT2D eigenvalue weighted by Crippen LogP contribution is 2.69. The number of benzene rings is 6. The number of fused-ring (bicyclic) bond motifs is 5. The topological polar surface area (TPSA) is 0 Å². The Balaban J connectivity index is 0.987. The maximum absolute atomic E-state index is 2.61. The molecule has 0 saturated heterocycles. The first-order valence-corrected chi connectivity index (χ1v) is 17.7. The minimum atomic E-state index is 0.220. The first kappa shape index (κ1) is 25.2. The molecule has 4 fully saturated rings. The van der Waals surface area contributed by atoms with E-state index >= 15 is 0 Å². The molecule has 1 aliphatic heterocycles. The Labute approximate surface area is 269 Å². The predicted molar refractivity (Wildman–Crippen MR) is 188 cm³/mol. The highest BCUT2D eigenvalue weighted by Gasteiger charge is 2.61. The molecule has 0 nitrogen and oxygen atoms in total. The lowest BCUT2D eigenvalue weighted by Gasteiger charge is -2.61. The first-order valence-electron chi connectivity index (χ1n) is 16.9. The Morgan fingerprint density at radius 2 is 1.07 bits per heavy atom. The largest absolute Gasteiger partial charge is 0.0888 e. The van der Waals surface area contributed by atoms with Gasteiger partial charge in [-0.05, 0) is 141 Å². The fraction of sp³-hybridized carbons (Fsp3) is 0.227. The third kappa shape index (κ3) is 3.35. The van der Waals surface area contributed by atoms with E-state index in [1.807, 2.05) is 11.8 Å². The van der Waals surface area contributed by atoms with Gasteiger partial charge in [0.2, 0.25) is 0 Å². The van der Waals surface area contributed by atoms with Crippen LogP contribution in [0.15, 0.2) is 131 Å². The summed E-state index contributed by atoms with van der Waals surface area (Å²) in [5.41, 5.74) is 14.5. The zero-order valence-corrected chi connectivity index (χ0v) is 26.1. The van der Waals surface area contributed by atoms with E-state index in [1.54, 1.807) is 11.1 Å². The van der Waals surface area contributed by atoms with Crippen LogP contribution in [0.2, 0.25) is 0 Å². The minimum Gasteiger partial charge on any atom is -0.0888 e. The van der Waals surface area contributed by atoms with Crippen molar-refractivity contribution in [3.05, 3.63) is 132 Å². The third-order valence-electron chi connectivity index (χ3n) is 12.5. The SMILES string of the molecule is c1ccc2c(c1)-c1ccc(-c3ccc(-c4ccc5c(c4)-c4cccc6cccc(c46)S5)cc3)cc1C21C2CC3CC(C2)CC1C3. The monoisotopic (exact) mass is 594 g/mol. The summed E-state index contributed by atoms with van der Waals surface area (Å²) in [5.74, 6) is 3.53. The van der Waals surface area contributed by atoms with Crippen molar-refractivity contribution in [1.82, 2.24) is 0 Å². The van der Waals surface area contributed by atoms with E-state index in [4.69, 9.17) is 0 Å². The normalized spacial score (nSPS) is 26.2. The second-order valence-corrected chi connectivity index (χ2v) is 15.6. The predicted octanol–water partition coefficient (Wildman–Crippen LogP) is 12.0. The second kappa shape index (κ2) is 9.02. The molecule has 5 aliphatic carbocycles. The summed E-state index contributed by atoms with van der Waals surface area (Å²) in [6.45, 7) is 0. The molecular formula is C44H34S. The van der Waals surface area contributed by atoms with Crippen molar-refractivity contribution < 1.29 is 0 Å². The maximum Gasteiger partial charge on any atom is 0.0272 e. The van der Waals surface area contributed by atoms with Gasteiger partial charge in [0, 0.05) is 20.6 Å². The summed E-state index contributed by atoms with van der Waals surface area (Å²) in [6, 6.07) is 46.7. The van der Waals surface area contributed by atoms with Crippen molar-refractivity contribution in [3.8, 4) is 44.5 Å². The molecular weight excluding hydrogens is 561 g/mol. The number of rotatable bonds is 2. The number of hydrogen-bond acceptors (Lipinski definition) is 1. The van der Waals surface area contributed by atoms with Crippen LogP contribution in [0.5, 0.6) is 0 Å². The maximum atomic E-state index is 2.61. The lowest BCUT2D eigenvalue weighted by atomic mass is 9.43. The standard InChI is InChI=1S/C44H34S/c1-2-9-39-35(7-1)36-17-15-32(25-40(36)44(39)33-20-26-19-27(22-33)23-34(44)21-26)29-13-11-28(12-14-29)31-16-18-41-38(24-31)37-8-3-5-30-6-4-10-42(45-41)43(30)37/h1-18,24-27,33-34H,19-23H2. The van der Waals surface area contributed by atoms with Gasteiger partial charge in [-0.1, -0.05) is 109 Å². The van der Waals surface area contributed by atoms with Gasteiger partial charge in [-0.25, -0.2) is 0 Å². The summed E-state index contributed by atoms with van der Waals surface area (Å²) < 4.78 is 0. The summed E-state index contributed by atoms with van der Waals surface area (Å²) in [6.07, 6.45) is 7.21. The zero-order valence-electron chi connectivity index (χ0n) is 25.3. The lowest BCUT2D eigenvalue weighted by Crippen LogP contribution is -2.55. The molecule has 1 heteroatoms. The Hall–Kier alpha value is -4.07. The van der Waals surface area contributed by atoms with Crippen LogP contribution in [0.25, 0.3) is 55.3 Å². The van der Waals surface area contributed by atoms with Crippen LogP contribution in [-0.2, 0) is 5.41 Å². The van der Waals surface area contributed by atoms with Crippen LogP contribution in [0.1, 0.15) is 43.2 Å². The molecule has 0 N–H and O–H groups in total. The smallest absolute Gasteiger partial charge is 0.0272 e. The van der Waals surface area contributed by atoms with Gasteiger partial charge in [-0.15, -0.1) is 0 Å². The highest BCUT2D eigenvalue weighted by atomic mass is 32.2. The molecule has 1 heterocycles. The van der Waals surface area contributed by atoms with E-state index in [-0.39, 0.29) is 5.41 Å². The molecule has 0 amide bonds. The molecule has 6 aromatic rings. The van der Waals surface area contributed by atoms with E-state index in [1.165, 1.54) is 97.2 Å². The average molecular weight is 595 g/mol. The Morgan fingerprint density at radius 3 is 1.84 bits per heavy atom. The zero-order chi connectivity index (χ0) is 29.3. The molecule has 4 bridgehead atoms. The van der Waals surface area contributed by atoms with Crippen LogP contribution in [0, 0.1) is 23.7 Å². The van der Waals surface area contributed by atoms with Gasteiger partial charge < -0.3 is 0 Å². The minimum absolute atomic E-state index is 0.220. The van der Waals surface area contributed by atoms with Crippen LogP contribution < -0.4 is 0 Å². The van der Waals surface area contributed by atoms with Crippen LogP contribution in [0.4, 0.5) is 0 Å². The fourth-order valence-corrected chi connectivity index (χ4v) is 12.1. The molecule has 0 aromatic heterocycles. The van der Waals surface area contributed by atoms with Crippen molar-refractivity contribution in [2.75, 3.05) is 0 Å². The molecule has 216 valence electrons. The molecule has 0 unspecified atom stereocenters. The van der Waals surface area contributed by atoms with Crippen LogP contribution in [0.3, 0.4) is 0 Å². The van der Waals surface area contributed by atoms with Gasteiger partial charge in [0.15, 0.2) is 0 Å². The average Bonchev–Trinajstić information content (AvgIpc) is 3.37. The third-order valence-corrected chi connectivity index (χ3v) is 13.6. The Bertz CT molecular complexity index is 2170. The quantitative estimate of drug-likeness (QED) is 0.192. The van der Waals surface area contributed by atoms with Crippen molar-refractivity contribution in [1.29, 1.82) is 0 Å². The molecule has 4 saturated carbocycles. The van der Waals surface area contributed by atoms with Crippen LogP contribution >= 0.6 is 11.8 Å². The molecule has 0 atom stereocenters. The second-order valence-electron chi connectivity index (χ2n) is 14.5. The molecule has 6 aliphatic rings. The van der Waals surface area contributed by atoms with Crippen LogP contribution in [-0.4, -0.2) is 0 Å². The molecule has 0 radical (unpaired) electrons. The van der Waals surface area contributed by atoms with Crippen molar-refractivity contribution in [2.45, 2.75) is 47.3 Å². The van der Waals surface area contributed by atoms with E-state index < -0.39 is 0 Å². The van der Waals surface area contributed by atoms with Gasteiger partial charge in [0.05, 0.1) is 0 Å². The van der Waals surface area contributed by atoms with Gasteiger partial charge in [0.1, 0.15) is 0 Å². The molecule has 12 rings (SSSR count). The lowest BCUT2D eigenvalue weighted by molar-refractivity contribution is -0.0399. The first-order chi connectivity index (χ1) is 22.2. The molecule has 1 spiro atoms. The molecule has 6 aromatic carbocycles. The van der Waals surface area contributed by atoms with E-state index in [0.29, 0.717) is 0 Å². The van der Waals surface area contributed by atoms with Gasteiger partial charge in [-0.2, -0.15) is 0 Å². The van der Waals surface area contributed by atoms with E-state index in [2.05, 4.69) is 121 Å². The molecule has 45 heavy (non-hydrogen) atoms. The van der Waals surface area contributed by atoms with E-state index in [0.717, 1.165) is 23.7 Å². The summed E-state index contributed by atoms with van der Waals surface area (Å²) in [7, 11) is 0. The van der Waals surface area contributed by atoms with Gasteiger partial charge in [0.25, 0.3) is 0 Å². The summed E-state index contributed by atoms with van der Waals surface area (Å²) in [5, 5.41) is 2.71. The van der Waals surface area contributed by atoms with Crippen molar-refractivity contribution >= 4 is 22.5 Å². The summed E-state index contributed by atoms with van der Waals surface area (Å²) in [4.78, 5) is 2.71. The fourth-order valence-electron chi connectivity index (χ4n) is 10.9. The highest BCUT2D eigenvalue weighted by molar-refractivity contribution is 7.99. The Morgan fingerprint density at radius 1 is 0.444 bits per heavy atom.